The first kappa shape index (κ1) is 17.2. The summed E-state index contributed by atoms with van der Waals surface area (Å²) >= 11 is 3.25. The molecular formula is C18H24N4OS2. The molecule has 4 rings (SSSR count). The molecule has 0 aromatic carbocycles. The van der Waals surface area contributed by atoms with E-state index in [0.29, 0.717) is 5.75 Å². The number of amides is 1. The molecule has 25 heavy (non-hydrogen) atoms. The predicted molar refractivity (Wildman–Crippen MR) is 103 cm³/mol. The predicted octanol–water partition coefficient (Wildman–Crippen LogP) is 2.95. The monoisotopic (exact) mass is 376 g/mol. The second kappa shape index (κ2) is 7.21. The SMILES string of the molecule is Cc1sc2ncnc(SCC(=O)N3CCN(CC4CC4)CC3)c2c1C. The zero-order valence-electron chi connectivity index (χ0n) is 14.8. The first-order valence-corrected chi connectivity index (χ1v) is 10.8. The van der Waals surface area contributed by atoms with E-state index < -0.39 is 0 Å². The first-order chi connectivity index (χ1) is 12.1. The third-order valence-electron chi connectivity index (χ3n) is 5.20. The summed E-state index contributed by atoms with van der Waals surface area (Å²) in [6.45, 7) is 9.22. The first-order valence-electron chi connectivity index (χ1n) is 8.95. The molecule has 0 spiro atoms. The molecule has 2 aliphatic rings. The van der Waals surface area contributed by atoms with Crippen LogP contribution in [0.3, 0.4) is 0 Å². The fraction of sp³-hybridized carbons (Fsp3) is 0.611. The Balaban J connectivity index is 1.34. The lowest BCUT2D eigenvalue weighted by Gasteiger charge is -2.34. The molecule has 1 saturated carbocycles. The highest BCUT2D eigenvalue weighted by atomic mass is 32.2. The highest BCUT2D eigenvalue weighted by Crippen LogP contribution is 2.34. The zero-order valence-corrected chi connectivity index (χ0v) is 16.5. The Hall–Kier alpha value is -1.18. The highest BCUT2D eigenvalue weighted by Gasteiger charge is 2.27. The van der Waals surface area contributed by atoms with Crippen LogP contribution < -0.4 is 0 Å². The number of aryl methyl sites for hydroxylation is 2. The Morgan fingerprint density at radius 3 is 2.72 bits per heavy atom. The molecule has 0 N–H and O–H groups in total. The van der Waals surface area contributed by atoms with E-state index in [-0.39, 0.29) is 5.91 Å². The van der Waals surface area contributed by atoms with Crippen LogP contribution in [0.4, 0.5) is 0 Å². The molecule has 2 aromatic rings. The fourth-order valence-electron chi connectivity index (χ4n) is 3.33. The zero-order chi connectivity index (χ0) is 17.4. The molecule has 0 atom stereocenters. The van der Waals surface area contributed by atoms with Gasteiger partial charge in [-0.3, -0.25) is 9.69 Å². The Labute approximate surface area is 156 Å². The molecule has 2 fully saturated rings. The minimum absolute atomic E-state index is 0.229. The van der Waals surface area contributed by atoms with Gasteiger partial charge in [0.2, 0.25) is 5.91 Å². The van der Waals surface area contributed by atoms with Crippen molar-refractivity contribution in [2.75, 3.05) is 38.5 Å². The van der Waals surface area contributed by atoms with Crippen molar-refractivity contribution in [2.24, 2.45) is 5.92 Å². The minimum atomic E-state index is 0.229. The number of carbonyl (C=O) groups excluding carboxylic acids is 1. The van der Waals surface area contributed by atoms with E-state index in [1.807, 2.05) is 4.90 Å². The molecule has 1 amide bonds. The van der Waals surface area contributed by atoms with Crippen molar-refractivity contribution in [3.63, 3.8) is 0 Å². The van der Waals surface area contributed by atoms with Gasteiger partial charge >= 0.3 is 0 Å². The van der Waals surface area contributed by atoms with Gasteiger partial charge in [-0.25, -0.2) is 9.97 Å². The average molecular weight is 377 g/mol. The number of nitrogens with zero attached hydrogens (tertiary/aromatic N) is 4. The van der Waals surface area contributed by atoms with E-state index in [2.05, 4.69) is 28.7 Å². The second-order valence-electron chi connectivity index (χ2n) is 7.06. The summed E-state index contributed by atoms with van der Waals surface area (Å²) in [6, 6.07) is 0. The summed E-state index contributed by atoms with van der Waals surface area (Å²) in [5.74, 6) is 1.62. The van der Waals surface area contributed by atoms with Crippen molar-refractivity contribution < 1.29 is 4.79 Å². The molecule has 134 valence electrons. The fourth-order valence-corrected chi connectivity index (χ4v) is 5.35. The second-order valence-corrected chi connectivity index (χ2v) is 9.22. The standard InChI is InChI=1S/C18H24N4OS2/c1-12-13(2)25-18-16(12)17(19-11-20-18)24-10-15(23)22-7-5-21(6-8-22)9-14-3-4-14/h11,14H,3-10H2,1-2H3. The van der Waals surface area contributed by atoms with Crippen molar-refractivity contribution in [3.8, 4) is 0 Å². The van der Waals surface area contributed by atoms with Crippen molar-refractivity contribution in [1.82, 2.24) is 19.8 Å². The van der Waals surface area contributed by atoms with Crippen LogP contribution in [-0.2, 0) is 4.79 Å². The van der Waals surface area contributed by atoms with Crippen LogP contribution in [0.2, 0.25) is 0 Å². The molecule has 0 bridgehead atoms. The molecule has 1 saturated heterocycles. The molecule has 1 aliphatic carbocycles. The molecule has 0 unspecified atom stereocenters. The van der Waals surface area contributed by atoms with Gasteiger partial charge in [0.15, 0.2) is 0 Å². The van der Waals surface area contributed by atoms with Gasteiger partial charge in [0.25, 0.3) is 0 Å². The maximum atomic E-state index is 12.6. The molecule has 0 radical (unpaired) electrons. The smallest absolute Gasteiger partial charge is 0.233 e. The lowest BCUT2D eigenvalue weighted by molar-refractivity contribution is -0.130. The normalized spacial score (nSPS) is 18.9. The molecule has 3 heterocycles. The largest absolute Gasteiger partial charge is 0.339 e. The van der Waals surface area contributed by atoms with Crippen LogP contribution in [0.5, 0.6) is 0 Å². The van der Waals surface area contributed by atoms with Gasteiger partial charge in [0.05, 0.1) is 5.75 Å². The van der Waals surface area contributed by atoms with Crippen molar-refractivity contribution in [2.45, 2.75) is 31.7 Å². The summed E-state index contributed by atoms with van der Waals surface area (Å²) in [5, 5.41) is 2.06. The number of hydrogen-bond acceptors (Lipinski definition) is 6. The Morgan fingerprint density at radius 2 is 2.00 bits per heavy atom. The Kier molecular flexibility index (Phi) is 4.97. The summed E-state index contributed by atoms with van der Waals surface area (Å²) in [7, 11) is 0. The van der Waals surface area contributed by atoms with Crippen LogP contribution in [0.1, 0.15) is 23.3 Å². The number of thioether (sulfide) groups is 1. The summed E-state index contributed by atoms with van der Waals surface area (Å²) < 4.78 is 0. The third kappa shape index (κ3) is 3.83. The van der Waals surface area contributed by atoms with Crippen molar-refractivity contribution in [3.05, 3.63) is 16.8 Å². The van der Waals surface area contributed by atoms with Crippen LogP contribution in [0.15, 0.2) is 11.4 Å². The molecule has 1 aliphatic heterocycles. The number of piperazine rings is 1. The third-order valence-corrected chi connectivity index (χ3v) is 7.29. The minimum Gasteiger partial charge on any atom is -0.339 e. The molecule has 5 nitrogen and oxygen atoms in total. The highest BCUT2D eigenvalue weighted by molar-refractivity contribution is 8.00. The van der Waals surface area contributed by atoms with E-state index in [1.54, 1.807) is 29.4 Å². The number of thiophene rings is 1. The molecule has 2 aromatic heterocycles. The molecular weight excluding hydrogens is 352 g/mol. The van der Waals surface area contributed by atoms with Crippen molar-refractivity contribution >= 4 is 39.2 Å². The summed E-state index contributed by atoms with van der Waals surface area (Å²) in [5.41, 5.74) is 1.24. The van der Waals surface area contributed by atoms with E-state index in [0.717, 1.165) is 47.3 Å². The lowest BCUT2D eigenvalue weighted by atomic mass is 10.2. The van der Waals surface area contributed by atoms with Crippen LogP contribution in [0, 0.1) is 19.8 Å². The molecule has 7 heteroatoms. The van der Waals surface area contributed by atoms with Gasteiger partial charge in [-0.1, -0.05) is 11.8 Å². The Bertz CT molecular complexity index is 779. The van der Waals surface area contributed by atoms with Gasteiger partial charge in [0.1, 0.15) is 16.2 Å². The van der Waals surface area contributed by atoms with E-state index >= 15 is 0 Å². The Morgan fingerprint density at radius 1 is 1.24 bits per heavy atom. The van der Waals surface area contributed by atoms with Crippen LogP contribution >= 0.6 is 23.1 Å². The number of fused-ring (bicyclic) bond motifs is 1. The van der Waals surface area contributed by atoms with E-state index in [9.17, 15) is 4.79 Å². The van der Waals surface area contributed by atoms with Crippen LogP contribution in [-0.4, -0.2) is 64.2 Å². The topological polar surface area (TPSA) is 49.3 Å². The number of rotatable bonds is 5. The van der Waals surface area contributed by atoms with E-state index in [4.69, 9.17) is 0 Å². The maximum Gasteiger partial charge on any atom is 0.233 e. The van der Waals surface area contributed by atoms with Crippen LogP contribution in [0.25, 0.3) is 10.2 Å². The van der Waals surface area contributed by atoms with Gasteiger partial charge in [-0.05, 0) is 38.2 Å². The van der Waals surface area contributed by atoms with E-state index in [1.165, 1.54) is 29.8 Å². The quantitative estimate of drug-likeness (QED) is 0.593. The van der Waals surface area contributed by atoms with Gasteiger partial charge in [-0.2, -0.15) is 0 Å². The lowest BCUT2D eigenvalue weighted by Crippen LogP contribution is -2.49. The summed E-state index contributed by atoms with van der Waals surface area (Å²) in [4.78, 5) is 28.2. The van der Waals surface area contributed by atoms with Gasteiger partial charge < -0.3 is 4.90 Å². The van der Waals surface area contributed by atoms with Gasteiger partial charge in [0, 0.05) is 43.0 Å². The van der Waals surface area contributed by atoms with Crippen molar-refractivity contribution in [1.29, 1.82) is 0 Å². The van der Waals surface area contributed by atoms with Gasteiger partial charge in [-0.15, -0.1) is 11.3 Å². The summed E-state index contributed by atoms with van der Waals surface area (Å²) in [6.07, 6.45) is 4.40. The average Bonchev–Trinajstić information content (AvgIpc) is 3.38. The number of hydrogen-bond donors (Lipinski definition) is 0. The number of aromatic nitrogens is 2. The number of carbonyl (C=O) groups is 1. The maximum absolute atomic E-state index is 12.6.